The predicted octanol–water partition coefficient (Wildman–Crippen LogP) is 7.53. The molecule has 0 fully saturated rings. The first kappa shape index (κ1) is 17.5. The molecule has 0 N–H and O–H groups in total. The Morgan fingerprint density at radius 3 is 1.71 bits per heavy atom. The van der Waals surface area contributed by atoms with Crippen molar-refractivity contribution in [2.45, 2.75) is 50.4 Å². The summed E-state index contributed by atoms with van der Waals surface area (Å²) in [5.74, 6) is 0. The molecule has 0 amide bonds. The van der Waals surface area contributed by atoms with Gasteiger partial charge >= 0.3 is 0 Å². The minimum Gasteiger partial charge on any atom is -0.0622 e. The Hall–Kier alpha value is -2.60. The average Bonchev–Trinajstić information content (AvgIpc) is 3.10. The molecule has 0 nitrogen and oxygen atoms in total. The van der Waals surface area contributed by atoms with Gasteiger partial charge in [0.25, 0.3) is 0 Å². The van der Waals surface area contributed by atoms with E-state index in [2.05, 4.69) is 84.9 Å². The van der Waals surface area contributed by atoms with Gasteiger partial charge in [0.2, 0.25) is 0 Å². The van der Waals surface area contributed by atoms with Crippen molar-refractivity contribution in [2.75, 3.05) is 0 Å². The van der Waals surface area contributed by atoms with E-state index in [1.807, 2.05) is 0 Å². The molecule has 28 heavy (non-hydrogen) atoms. The van der Waals surface area contributed by atoms with E-state index in [0.29, 0.717) is 0 Å². The Bertz CT molecular complexity index is 939. The van der Waals surface area contributed by atoms with Gasteiger partial charge in [-0.05, 0) is 59.1 Å². The molecule has 0 heteroatoms. The van der Waals surface area contributed by atoms with E-state index in [4.69, 9.17) is 0 Å². The molecule has 0 bridgehead atoms. The van der Waals surface area contributed by atoms with E-state index in [0.717, 1.165) is 0 Å². The van der Waals surface area contributed by atoms with Gasteiger partial charge in [-0.15, -0.1) is 0 Å². The SMILES string of the molecule is c1ccc(C2(c3ccccc3)C3=C(CCCCCCC3)c3ccccc32)cc1. The van der Waals surface area contributed by atoms with Gasteiger partial charge in [0.1, 0.15) is 0 Å². The molecule has 0 saturated heterocycles. The quantitative estimate of drug-likeness (QED) is 0.441. The molecule has 5 rings (SSSR count). The van der Waals surface area contributed by atoms with Crippen LogP contribution < -0.4 is 0 Å². The van der Waals surface area contributed by atoms with Gasteiger partial charge in [-0.3, -0.25) is 0 Å². The fourth-order valence-corrected chi connectivity index (χ4v) is 5.58. The van der Waals surface area contributed by atoms with Crippen LogP contribution in [0.1, 0.15) is 67.2 Å². The summed E-state index contributed by atoms with van der Waals surface area (Å²) < 4.78 is 0. The fourth-order valence-electron chi connectivity index (χ4n) is 5.58. The normalized spacial score (nSPS) is 18.6. The van der Waals surface area contributed by atoms with E-state index in [1.165, 1.54) is 67.2 Å². The standard InChI is InChI=1S/C28H28/c1-2-10-18-24-25-19-12-13-21-27(25)28(26(24)20-11-3-1,22-14-6-4-7-15-22)23-16-8-5-9-17-23/h4-9,12-17,19,21H,1-3,10-11,18,20H2. The molecular weight excluding hydrogens is 336 g/mol. The second-order valence-corrected chi connectivity index (χ2v) is 8.25. The lowest BCUT2D eigenvalue weighted by Gasteiger charge is -2.36. The summed E-state index contributed by atoms with van der Waals surface area (Å²) >= 11 is 0. The van der Waals surface area contributed by atoms with Crippen LogP contribution in [-0.4, -0.2) is 0 Å². The molecule has 3 aromatic carbocycles. The zero-order chi connectivity index (χ0) is 18.8. The third kappa shape index (κ3) is 2.66. The van der Waals surface area contributed by atoms with Crippen LogP contribution in [0.3, 0.4) is 0 Å². The van der Waals surface area contributed by atoms with Crippen LogP contribution in [0.4, 0.5) is 0 Å². The van der Waals surface area contributed by atoms with Crippen molar-refractivity contribution in [3.05, 3.63) is 113 Å². The van der Waals surface area contributed by atoms with Gasteiger partial charge in [-0.25, -0.2) is 0 Å². The molecule has 3 aromatic rings. The summed E-state index contributed by atoms with van der Waals surface area (Å²) in [6.45, 7) is 0. The first-order valence-electron chi connectivity index (χ1n) is 10.9. The Morgan fingerprint density at radius 1 is 0.500 bits per heavy atom. The lowest BCUT2D eigenvalue weighted by molar-refractivity contribution is 0.608. The summed E-state index contributed by atoms with van der Waals surface area (Å²) in [6, 6.07) is 31.7. The van der Waals surface area contributed by atoms with Gasteiger partial charge in [0.15, 0.2) is 0 Å². The number of hydrogen-bond acceptors (Lipinski definition) is 0. The van der Waals surface area contributed by atoms with Crippen molar-refractivity contribution in [3.8, 4) is 0 Å². The van der Waals surface area contributed by atoms with Crippen molar-refractivity contribution < 1.29 is 0 Å². The highest BCUT2D eigenvalue weighted by molar-refractivity contribution is 5.85. The maximum Gasteiger partial charge on any atom is 0.0673 e. The predicted molar refractivity (Wildman–Crippen MR) is 118 cm³/mol. The second-order valence-electron chi connectivity index (χ2n) is 8.25. The smallest absolute Gasteiger partial charge is 0.0622 e. The van der Waals surface area contributed by atoms with Gasteiger partial charge in [-0.2, -0.15) is 0 Å². The molecule has 0 atom stereocenters. The third-order valence-corrected chi connectivity index (χ3v) is 6.74. The average molecular weight is 365 g/mol. The van der Waals surface area contributed by atoms with Crippen molar-refractivity contribution in [3.63, 3.8) is 0 Å². The molecule has 0 unspecified atom stereocenters. The third-order valence-electron chi connectivity index (χ3n) is 6.74. The molecule has 2 aliphatic rings. The topological polar surface area (TPSA) is 0 Å². The Labute approximate surface area is 168 Å². The van der Waals surface area contributed by atoms with Gasteiger partial charge in [-0.1, -0.05) is 104 Å². The van der Waals surface area contributed by atoms with Crippen LogP contribution >= 0.6 is 0 Å². The van der Waals surface area contributed by atoms with Crippen molar-refractivity contribution >= 4 is 5.57 Å². The second kappa shape index (κ2) is 7.43. The van der Waals surface area contributed by atoms with Crippen LogP contribution in [0.5, 0.6) is 0 Å². The van der Waals surface area contributed by atoms with E-state index in [1.54, 1.807) is 11.1 Å². The number of hydrogen-bond donors (Lipinski definition) is 0. The number of fused-ring (bicyclic) bond motifs is 2. The number of rotatable bonds is 2. The first-order valence-corrected chi connectivity index (χ1v) is 10.9. The van der Waals surface area contributed by atoms with Crippen molar-refractivity contribution in [1.82, 2.24) is 0 Å². The largest absolute Gasteiger partial charge is 0.0673 e. The van der Waals surface area contributed by atoms with E-state index >= 15 is 0 Å². The van der Waals surface area contributed by atoms with Crippen LogP contribution in [0.25, 0.3) is 5.57 Å². The summed E-state index contributed by atoms with van der Waals surface area (Å²) in [4.78, 5) is 0. The zero-order valence-electron chi connectivity index (χ0n) is 16.5. The summed E-state index contributed by atoms with van der Waals surface area (Å²) in [5, 5.41) is 0. The molecule has 140 valence electrons. The Morgan fingerprint density at radius 2 is 1.04 bits per heavy atom. The zero-order valence-corrected chi connectivity index (χ0v) is 16.5. The molecule has 2 aliphatic carbocycles. The van der Waals surface area contributed by atoms with Crippen LogP contribution in [-0.2, 0) is 5.41 Å². The van der Waals surface area contributed by atoms with Crippen molar-refractivity contribution in [1.29, 1.82) is 0 Å². The van der Waals surface area contributed by atoms with Crippen LogP contribution in [0.2, 0.25) is 0 Å². The maximum atomic E-state index is 2.38. The molecule has 0 aliphatic heterocycles. The van der Waals surface area contributed by atoms with Crippen LogP contribution in [0.15, 0.2) is 90.5 Å². The molecule has 0 spiro atoms. The number of allylic oxidation sites excluding steroid dienone is 2. The maximum absolute atomic E-state index is 2.38. The monoisotopic (exact) mass is 364 g/mol. The fraction of sp³-hybridized carbons (Fsp3) is 0.286. The highest BCUT2D eigenvalue weighted by Gasteiger charge is 2.46. The Kier molecular flexibility index (Phi) is 4.64. The summed E-state index contributed by atoms with van der Waals surface area (Å²) in [6.07, 6.45) is 9.13. The highest BCUT2D eigenvalue weighted by Crippen LogP contribution is 2.57. The minimum atomic E-state index is -0.140. The van der Waals surface area contributed by atoms with E-state index < -0.39 is 0 Å². The summed E-state index contributed by atoms with van der Waals surface area (Å²) in [5.41, 5.74) is 8.96. The van der Waals surface area contributed by atoms with E-state index in [9.17, 15) is 0 Å². The van der Waals surface area contributed by atoms with E-state index in [-0.39, 0.29) is 5.41 Å². The highest BCUT2D eigenvalue weighted by atomic mass is 14.5. The van der Waals surface area contributed by atoms with Gasteiger partial charge in [0.05, 0.1) is 5.41 Å². The lowest BCUT2D eigenvalue weighted by Crippen LogP contribution is -2.30. The van der Waals surface area contributed by atoms with Crippen molar-refractivity contribution in [2.24, 2.45) is 0 Å². The van der Waals surface area contributed by atoms with Crippen LogP contribution in [0, 0.1) is 0 Å². The minimum absolute atomic E-state index is 0.140. The molecule has 0 aromatic heterocycles. The molecule has 0 radical (unpaired) electrons. The van der Waals surface area contributed by atoms with Gasteiger partial charge in [0, 0.05) is 0 Å². The molecular formula is C28H28. The van der Waals surface area contributed by atoms with Gasteiger partial charge < -0.3 is 0 Å². The number of benzene rings is 3. The molecule has 0 heterocycles. The molecule has 0 saturated carbocycles. The Balaban J connectivity index is 1.86. The lowest BCUT2D eigenvalue weighted by atomic mass is 9.66. The first-order chi connectivity index (χ1) is 13.9. The summed E-state index contributed by atoms with van der Waals surface area (Å²) in [7, 11) is 0.